The van der Waals surface area contributed by atoms with Gasteiger partial charge < -0.3 is 15.4 Å². The number of carbonyl (C=O) groups is 1. The molecular formula is C14H21ClN2O2. The summed E-state index contributed by atoms with van der Waals surface area (Å²) in [5, 5.41) is 6.26. The highest BCUT2D eigenvalue weighted by Crippen LogP contribution is 2.30. The van der Waals surface area contributed by atoms with Crippen LogP contribution in [0, 0.1) is 5.41 Å². The van der Waals surface area contributed by atoms with Crippen LogP contribution in [-0.4, -0.2) is 26.1 Å². The van der Waals surface area contributed by atoms with Crippen LogP contribution in [0.5, 0.6) is 5.75 Å². The van der Waals surface area contributed by atoms with Crippen molar-refractivity contribution < 1.29 is 9.53 Å². The first-order chi connectivity index (χ1) is 8.64. The Bertz CT molecular complexity index is 431. The van der Waals surface area contributed by atoms with Crippen molar-refractivity contribution in [3.05, 3.63) is 24.3 Å². The SMILES string of the molecule is COc1cccc(NC(=O)C2(C)CCNCC2)c1.Cl. The minimum Gasteiger partial charge on any atom is -0.497 e. The smallest absolute Gasteiger partial charge is 0.230 e. The van der Waals surface area contributed by atoms with Crippen molar-refractivity contribution in [3.8, 4) is 5.75 Å². The maximum absolute atomic E-state index is 12.3. The van der Waals surface area contributed by atoms with Gasteiger partial charge in [0.25, 0.3) is 0 Å². The molecule has 2 N–H and O–H groups in total. The highest BCUT2D eigenvalue weighted by atomic mass is 35.5. The van der Waals surface area contributed by atoms with E-state index in [0.29, 0.717) is 0 Å². The predicted octanol–water partition coefficient (Wildman–Crippen LogP) is 2.45. The molecule has 0 aromatic heterocycles. The summed E-state index contributed by atoms with van der Waals surface area (Å²) in [4.78, 5) is 12.3. The quantitative estimate of drug-likeness (QED) is 0.896. The van der Waals surface area contributed by atoms with Gasteiger partial charge in [0.2, 0.25) is 5.91 Å². The lowest BCUT2D eigenvalue weighted by Gasteiger charge is -2.32. The van der Waals surface area contributed by atoms with Crippen LogP contribution in [0.2, 0.25) is 0 Å². The Hall–Kier alpha value is -1.26. The zero-order valence-electron chi connectivity index (χ0n) is 11.4. The van der Waals surface area contributed by atoms with E-state index in [-0.39, 0.29) is 23.7 Å². The van der Waals surface area contributed by atoms with Crippen LogP contribution in [0.3, 0.4) is 0 Å². The first kappa shape index (κ1) is 15.8. The second-order valence-electron chi connectivity index (χ2n) is 5.00. The molecule has 19 heavy (non-hydrogen) atoms. The van der Waals surface area contributed by atoms with Crippen molar-refractivity contribution in [2.75, 3.05) is 25.5 Å². The standard InChI is InChI=1S/C14H20N2O2.ClH/c1-14(6-8-15-9-7-14)13(17)16-11-4-3-5-12(10-11)18-2;/h3-5,10,15H,6-9H2,1-2H3,(H,16,17);1H. The van der Waals surface area contributed by atoms with Gasteiger partial charge in [-0.1, -0.05) is 13.0 Å². The van der Waals surface area contributed by atoms with Crippen LogP contribution in [0.15, 0.2) is 24.3 Å². The Morgan fingerprint density at radius 1 is 1.37 bits per heavy atom. The fraction of sp³-hybridized carbons (Fsp3) is 0.500. The van der Waals surface area contributed by atoms with Crippen molar-refractivity contribution >= 4 is 24.0 Å². The highest BCUT2D eigenvalue weighted by Gasteiger charge is 2.34. The normalized spacial score (nSPS) is 17.2. The van der Waals surface area contributed by atoms with Crippen molar-refractivity contribution in [2.24, 2.45) is 5.41 Å². The second kappa shape index (κ2) is 6.78. The minimum absolute atomic E-state index is 0. The number of methoxy groups -OCH3 is 1. The van der Waals surface area contributed by atoms with E-state index in [2.05, 4.69) is 10.6 Å². The molecule has 0 bridgehead atoms. The predicted molar refractivity (Wildman–Crippen MR) is 79.1 cm³/mol. The number of halogens is 1. The summed E-state index contributed by atoms with van der Waals surface area (Å²) in [5.74, 6) is 0.848. The lowest BCUT2D eigenvalue weighted by Crippen LogP contribution is -2.42. The zero-order chi connectivity index (χ0) is 13.0. The number of amides is 1. The molecule has 0 radical (unpaired) electrons. The first-order valence-corrected chi connectivity index (χ1v) is 6.30. The lowest BCUT2D eigenvalue weighted by molar-refractivity contribution is -0.126. The second-order valence-corrected chi connectivity index (χ2v) is 5.00. The van der Waals surface area contributed by atoms with Crippen LogP contribution >= 0.6 is 12.4 Å². The van der Waals surface area contributed by atoms with Gasteiger partial charge in [-0.15, -0.1) is 12.4 Å². The largest absolute Gasteiger partial charge is 0.497 e. The molecule has 0 atom stereocenters. The van der Waals surface area contributed by atoms with Gasteiger partial charge in [-0.05, 0) is 38.1 Å². The summed E-state index contributed by atoms with van der Waals surface area (Å²) in [6, 6.07) is 7.45. The molecule has 5 heteroatoms. The molecule has 106 valence electrons. The van der Waals surface area contributed by atoms with E-state index in [9.17, 15) is 4.79 Å². The van der Waals surface area contributed by atoms with E-state index in [0.717, 1.165) is 37.4 Å². The Balaban J connectivity index is 0.00000180. The summed E-state index contributed by atoms with van der Waals surface area (Å²) in [6.07, 6.45) is 1.76. The van der Waals surface area contributed by atoms with Gasteiger partial charge in [-0.25, -0.2) is 0 Å². The van der Waals surface area contributed by atoms with Crippen molar-refractivity contribution in [2.45, 2.75) is 19.8 Å². The molecule has 1 heterocycles. The topological polar surface area (TPSA) is 50.4 Å². The van der Waals surface area contributed by atoms with Crippen LogP contribution in [0.1, 0.15) is 19.8 Å². The van der Waals surface area contributed by atoms with Crippen LogP contribution in [-0.2, 0) is 4.79 Å². The summed E-state index contributed by atoms with van der Waals surface area (Å²) >= 11 is 0. The number of benzene rings is 1. The first-order valence-electron chi connectivity index (χ1n) is 6.30. The molecule has 1 amide bonds. The van der Waals surface area contributed by atoms with Gasteiger partial charge in [0, 0.05) is 17.2 Å². The fourth-order valence-electron chi connectivity index (χ4n) is 2.19. The fourth-order valence-corrected chi connectivity index (χ4v) is 2.19. The van der Waals surface area contributed by atoms with E-state index in [4.69, 9.17) is 4.74 Å². The lowest BCUT2D eigenvalue weighted by atomic mass is 9.80. The number of anilines is 1. The van der Waals surface area contributed by atoms with Crippen LogP contribution < -0.4 is 15.4 Å². The molecule has 0 unspecified atom stereocenters. The van der Waals surface area contributed by atoms with Crippen LogP contribution in [0.25, 0.3) is 0 Å². The van der Waals surface area contributed by atoms with Gasteiger partial charge in [-0.2, -0.15) is 0 Å². The van der Waals surface area contributed by atoms with E-state index in [1.807, 2.05) is 31.2 Å². The number of piperidine rings is 1. The summed E-state index contributed by atoms with van der Waals surface area (Å²) in [7, 11) is 1.62. The summed E-state index contributed by atoms with van der Waals surface area (Å²) in [5.41, 5.74) is 0.521. The zero-order valence-corrected chi connectivity index (χ0v) is 12.2. The number of hydrogen-bond acceptors (Lipinski definition) is 3. The van der Waals surface area contributed by atoms with E-state index in [1.165, 1.54) is 0 Å². The molecule has 1 aromatic carbocycles. The van der Waals surface area contributed by atoms with Crippen molar-refractivity contribution in [3.63, 3.8) is 0 Å². The number of carbonyl (C=O) groups excluding carboxylic acids is 1. The Morgan fingerprint density at radius 3 is 2.68 bits per heavy atom. The van der Waals surface area contributed by atoms with Gasteiger partial charge >= 0.3 is 0 Å². The van der Waals surface area contributed by atoms with Gasteiger partial charge in [0.05, 0.1) is 7.11 Å². The number of ether oxygens (including phenoxy) is 1. The third-order valence-electron chi connectivity index (χ3n) is 3.58. The molecule has 0 spiro atoms. The maximum atomic E-state index is 12.3. The average Bonchev–Trinajstić information content (AvgIpc) is 2.40. The summed E-state index contributed by atoms with van der Waals surface area (Å²) in [6.45, 7) is 3.84. The van der Waals surface area contributed by atoms with E-state index >= 15 is 0 Å². The summed E-state index contributed by atoms with van der Waals surface area (Å²) < 4.78 is 5.15. The van der Waals surface area contributed by atoms with Crippen molar-refractivity contribution in [1.82, 2.24) is 5.32 Å². The molecule has 1 aromatic rings. The van der Waals surface area contributed by atoms with E-state index < -0.39 is 0 Å². The number of hydrogen-bond donors (Lipinski definition) is 2. The molecular weight excluding hydrogens is 264 g/mol. The monoisotopic (exact) mass is 284 g/mol. The van der Waals surface area contributed by atoms with Crippen molar-refractivity contribution in [1.29, 1.82) is 0 Å². The van der Waals surface area contributed by atoms with E-state index in [1.54, 1.807) is 7.11 Å². The molecule has 0 aliphatic carbocycles. The molecule has 0 saturated carbocycles. The van der Waals surface area contributed by atoms with Crippen LogP contribution in [0.4, 0.5) is 5.69 Å². The maximum Gasteiger partial charge on any atom is 0.230 e. The van der Waals surface area contributed by atoms with Gasteiger partial charge in [0.15, 0.2) is 0 Å². The molecule has 4 nitrogen and oxygen atoms in total. The third kappa shape index (κ3) is 3.85. The molecule has 1 fully saturated rings. The Labute approximate surface area is 120 Å². The number of rotatable bonds is 3. The Morgan fingerprint density at radius 2 is 2.05 bits per heavy atom. The molecule has 1 aliphatic heterocycles. The van der Waals surface area contributed by atoms with Gasteiger partial charge in [-0.3, -0.25) is 4.79 Å². The molecule has 1 aliphatic rings. The average molecular weight is 285 g/mol. The number of nitrogens with one attached hydrogen (secondary N) is 2. The van der Waals surface area contributed by atoms with Gasteiger partial charge in [0.1, 0.15) is 5.75 Å². The molecule has 2 rings (SSSR count). The third-order valence-corrected chi connectivity index (χ3v) is 3.58. The minimum atomic E-state index is -0.270. The molecule has 1 saturated heterocycles. The Kier molecular flexibility index (Phi) is 5.63. The highest BCUT2D eigenvalue weighted by molar-refractivity contribution is 5.95.